The number of nitrogen functional groups attached to an aromatic ring is 1. The van der Waals surface area contributed by atoms with Crippen LogP contribution in [0.1, 0.15) is 11.3 Å². The second-order valence-electron chi connectivity index (χ2n) is 3.47. The Kier molecular flexibility index (Phi) is 3.17. The van der Waals surface area contributed by atoms with Gasteiger partial charge in [-0.1, -0.05) is 0 Å². The van der Waals surface area contributed by atoms with E-state index in [0.717, 1.165) is 11.4 Å². The van der Waals surface area contributed by atoms with Crippen molar-refractivity contribution in [3.63, 3.8) is 0 Å². The summed E-state index contributed by atoms with van der Waals surface area (Å²) < 4.78 is 0. The second kappa shape index (κ2) is 4.94. The van der Waals surface area contributed by atoms with Gasteiger partial charge >= 0.3 is 0 Å². The largest absolute Gasteiger partial charge is 0.399 e. The highest BCUT2D eigenvalue weighted by Crippen LogP contribution is 2.18. The first-order valence-corrected chi connectivity index (χ1v) is 5.08. The molecule has 84 valence electrons. The molecule has 0 unspecified atom stereocenters. The van der Waals surface area contributed by atoms with Gasteiger partial charge in [0.05, 0.1) is 23.5 Å². The number of anilines is 2. The lowest BCUT2D eigenvalue weighted by Crippen LogP contribution is -2.03. The molecule has 1 aromatic carbocycles. The average Bonchev–Trinajstić information content (AvgIpc) is 2.38. The van der Waals surface area contributed by atoms with Crippen LogP contribution in [0.2, 0.25) is 0 Å². The van der Waals surface area contributed by atoms with Crippen LogP contribution in [0.4, 0.5) is 11.4 Å². The number of rotatable bonds is 3. The van der Waals surface area contributed by atoms with Crippen LogP contribution in [0.25, 0.3) is 0 Å². The average molecular weight is 225 g/mol. The highest BCUT2D eigenvalue weighted by Gasteiger charge is 2.02. The second-order valence-corrected chi connectivity index (χ2v) is 3.47. The first kappa shape index (κ1) is 10.9. The van der Waals surface area contributed by atoms with Gasteiger partial charge in [-0.15, -0.1) is 0 Å². The molecule has 0 spiro atoms. The van der Waals surface area contributed by atoms with Crippen LogP contribution in [0.3, 0.4) is 0 Å². The van der Waals surface area contributed by atoms with E-state index < -0.39 is 0 Å². The van der Waals surface area contributed by atoms with Crippen molar-refractivity contribution >= 4 is 11.4 Å². The number of benzene rings is 1. The summed E-state index contributed by atoms with van der Waals surface area (Å²) in [6, 6.07) is 9.09. The Morgan fingerprint density at radius 2 is 2.24 bits per heavy atom. The Morgan fingerprint density at radius 3 is 2.94 bits per heavy atom. The zero-order chi connectivity index (χ0) is 12.1. The minimum Gasteiger partial charge on any atom is -0.399 e. The smallest absolute Gasteiger partial charge is 0.115 e. The molecule has 0 bridgehead atoms. The maximum absolute atomic E-state index is 8.97. The van der Waals surface area contributed by atoms with E-state index in [9.17, 15) is 0 Å². The standard InChI is InChI=1S/C12H11N5/c13-6-9-5-10(14)1-2-12(9)16-7-11-3-4-15-8-17-11/h1-5,8,16H,7,14H2. The van der Waals surface area contributed by atoms with Crippen LogP contribution in [-0.2, 0) is 6.54 Å². The van der Waals surface area contributed by atoms with E-state index in [1.165, 1.54) is 6.33 Å². The molecule has 17 heavy (non-hydrogen) atoms. The fourth-order valence-electron chi connectivity index (χ4n) is 1.42. The fraction of sp³-hybridized carbons (Fsp3) is 0.0833. The van der Waals surface area contributed by atoms with Crippen molar-refractivity contribution in [3.8, 4) is 6.07 Å². The van der Waals surface area contributed by atoms with Crippen LogP contribution in [0, 0.1) is 11.3 Å². The van der Waals surface area contributed by atoms with Gasteiger partial charge in [-0.05, 0) is 24.3 Å². The van der Waals surface area contributed by atoms with Crippen LogP contribution in [0.15, 0.2) is 36.8 Å². The third kappa shape index (κ3) is 2.69. The van der Waals surface area contributed by atoms with Crippen molar-refractivity contribution in [3.05, 3.63) is 48.0 Å². The fourth-order valence-corrected chi connectivity index (χ4v) is 1.42. The molecule has 1 aromatic heterocycles. The Bertz CT molecular complexity index is 545. The third-order valence-corrected chi connectivity index (χ3v) is 2.27. The lowest BCUT2D eigenvalue weighted by molar-refractivity contribution is 1.01. The number of nitriles is 1. The maximum atomic E-state index is 8.97. The first-order chi connectivity index (χ1) is 8.29. The molecule has 0 aliphatic rings. The Balaban J connectivity index is 2.12. The van der Waals surface area contributed by atoms with Crippen LogP contribution in [-0.4, -0.2) is 9.97 Å². The number of nitrogens with two attached hydrogens (primary N) is 1. The molecule has 0 saturated carbocycles. The van der Waals surface area contributed by atoms with Gasteiger partial charge in [0.2, 0.25) is 0 Å². The van der Waals surface area contributed by atoms with Crippen LogP contribution in [0.5, 0.6) is 0 Å². The van der Waals surface area contributed by atoms with Crippen molar-refractivity contribution in [1.29, 1.82) is 5.26 Å². The quantitative estimate of drug-likeness (QED) is 0.773. The SMILES string of the molecule is N#Cc1cc(N)ccc1NCc1ccncn1. The van der Waals surface area contributed by atoms with Gasteiger partial charge in [0.15, 0.2) is 0 Å². The van der Waals surface area contributed by atoms with Crippen molar-refractivity contribution < 1.29 is 0 Å². The molecule has 3 N–H and O–H groups in total. The molecule has 0 saturated heterocycles. The number of aromatic nitrogens is 2. The lowest BCUT2D eigenvalue weighted by Gasteiger charge is -2.07. The molecule has 1 heterocycles. The molecular weight excluding hydrogens is 214 g/mol. The van der Waals surface area contributed by atoms with Crippen molar-refractivity contribution in [2.24, 2.45) is 0 Å². The summed E-state index contributed by atoms with van der Waals surface area (Å²) in [6.45, 7) is 0.543. The minimum absolute atomic E-state index is 0.527. The third-order valence-electron chi connectivity index (χ3n) is 2.27. The Labute approximate surface area is 98.9 Å². The summed E-state index contributed by atoms with van der Waals surface area (Å²) in [5.74, 6) is 0. The highest BCUT2D eigenvalue weighted by molar-refractivity contribution is 5.62. The van der Waals surface area contributed by atoms with E-state index in [4.69, 9.17) is 11.0 Å². The van der Waals surface area contributed by atoms with Crippen LogP contribution < -0.4 is 11.1 Å². The molecule has 0 radical (unpaired) electrons. The molecule has 0 aliphatic carbocycles. The Hall–Kier alpha value is -2.61. The monoisotopic (exact) mass is 225 g/mol. The van der Waals surface area contributed by atoms with Crippen molar-refractivity contribution in [1.82, 2.24) is 9.97 Å². The van der Waals surface area contributed by atoms with E-state index in [-0.39, 0.29) is 0 Å². The topological polar surface area (TPSA) is 87.6 Å². The molecule has 5 nitrogen and oxygen atoms in total. The van der Waals surface area contributed by atoms with E-state index in [1.807, 2.05) is 6.07 Å². The summed E-state index contributed by atoms with van der Waals surface area (Å²) in [5, 5.41) is 12.1. The lowest BCUT2D eigenvalue weighted by atomic mass is 10.1. The zero-order valence-corrected chi connectivity index (χ0v) is 9.09. The van der Waals surface area contributed by atoms with Crippen LogP contribution >= 0.6 is 0 Å². The van der Waals surface area contributed by atoms with Crippen molar-refractivity contribution in [2.75, 3.05) is 11.1 Å². The summed E-state index contributed by atoms with van der Waals surface area (Å²) in [6.07, 6.45) is 3.17. The highest BCUT2D eigenvalue weighted by atomic mass is 14.9. The summed E-state index contributed by atoms with van der Waals surface area (Å²) >= 11 is 0. The van der Waals surface area contributed by atoms with E-state index in [1.54, 1.807) is 24.4 Å². The molecule has 0 atom stereocenters. The predicted octanol–water partition coefficient (Wildman–Crippen LogP) is 1.54. The number of nitrogens with one attached hydrogen (secondary N) is 1. The number of nitrogens with zero attached hydrogens (tertiary/aromatic N) is 3. The molecule has 2 aromatic rings. The van der Waals surface area contributed by atoms with Gasteiger partial charge in [0, 0.05) is 11.9 Å². The molecule has 2 rings (SSSR count). The van der Waals surface area contributed by atoms with Gasteiger partial charge in [-0.25, -0.2) is 9.97 Å². The van der Waals surface area contributed by atoms with Gasteiger partial charge in [-0.3, -0.25) is 0 Å². The van der Waals surface area contributed by atoms with Gasteiger partial charge in [0.1, 0.15) is 12.4 Å². The predicted molar refractivity (Wildman–Crippen MR) is 64.9 cm³/mol. The molecule has 5 heteroatoms. The zero-order valence-electron chi connectivity index (χ0n) is 9.09. The van der Waals surface area contributed by atoms with Gasteiger partial charge < -0.3 is 11.1 Å². The normalized spacial score (nSPS) is 9.59. The molecule has 0 aliphatic heterocycles. The maximum Gasteiger partial charge on any atom is 0.115 e. The van der Waals surface area contributed by atoms with Gasteiger partial charge in [0.25, 0.3) is 0 Å². The van der Waals surface area contributed by atoms with E-state index in [2.05, 4.69) is 21.4 Å². The number of hydrogen-bond acceptors (Lipinski definition) is 5. The first-order valence-electron chi connectivity index (χ1n) is 5.08. The summed E-state index contributed by atoms with van der Waals surface area (Å²) in [5.41, 5.74) is 8.33. The summed E-state index contributed by atoms with van der Waals surface area (Å²) in [7, 11) is 0. The molecular formula is C12H11N5. The Morgan fingerprint density at radius 1 is 1.35 bits per heavy atom. The molecule has 0 amide bonds. The molecule has 0 fully saturated rings. The number of hydrogen-bond donors (Lipinski definition) is 2. The van der Waals surface area contributed by atoms with E-state index in [0.29, 0.717) is 17.8 Å². The van der Waals surface area contributed by atoms with E-state index >= 15 is 0 Å². The minimum atomic E-state index is 0.527. The van der Waals surface area contributed by atoms with Crippen molar-refractivity contribution in [2.45, 2.75) is 6.54 Å². The summed E-state index contributed by atoms with van der Waals surface area (Å²) in [4.78, 5) is 7.92. The van der Waals surface area contributed by atoms with Gasteiger partial charge in [-0.2, -0.15) is 5.26 Å².